The van der Waals surface area contributed by atoms with Crippen LogP contribution in [0.25, 0.3) is 22.3 Å². The maximum Gasteiger partial charge on any atom is 0.285 e. The van der Waals surface area contributed by atoms with Crippen LogP contribution >= 0.6 is 11.6 Å². The van der Waals surface area contributed by atoms with Crippen molar-refractivity contribution in [1.82, 2.24) is 9.71 Å². The van der Waals surface area contributed by atoms with E-state index in [1.807, 2.05) is 17.7 Å². The fourth-order valence-electron chi connectivity index (χ4n) is 4.15. The number of hydrogen-bond donors (Lipinski definition) is 2. The van der Waals surface area contributed by atoms with Gasteiger partial charge in [0.05, 0.1) is 23.4 Å². The summed E-state index contributed by atoms with van der Waals surface area (Å²) in [5, 5.41) is 3.50. The number of rotatable bonds is 6. The van der Waals surface area contributed by atoms with Crippen molar-refractivity contribution in [3.63, 3.8) is 0 Å². The normalized spacial score (nSPS) is 12.4. The van der Waals surface area contributed by atoms with Crippen LogP contribution in [0.5, 0.6) is 0 Å². The lowest BCUT2D eigenvalue weighted by molar-refractivity contribution is 0.0977. The van der Waals surface area contributed by atoms with Crippen molar-refractivity contribution >= 4 is 44.2 Å². The third-order valence-corrected chi connectivity index (χ3v) is 6.79. The van der Waals surface area contributed by atoms with Gasteiger partial charge in [-0.2, -0.15) is 0 Å². The largest absolute Gasteiger partial charge is 0.455 e. The molecule has 0 aliphatic carbocycles. The molecule has 0 fully saturated rings. The number of amides is 1. The van der Waals surface area contributed by atoms with E-state index in [0.29, 0.717) is 33.2 Å². The summed E-state index contributed by atoms with van der Waals surface area (Å²) in [6, 6.07) is 10.6. The highest BCUT2D eigenvalue weighted by Crippen LogP contribution is 2.33. The standard InChI is InChI=1S/C27H25ClFN3O5S/c1-13-10-18(16(4)30-21-8-9-22(28)31-23(21)27(34)32-38(5,35)36)26-19(11-13)24(33)15(3)25(37-26)17-7-6-14(2)20(29)12-17/h6-12,16,30H,1-5H3,(H,32,34)/t16-/m1/s1. The van der Waals surface area contributed by atoms with Gasteiger partial charge in [0.15, 0.2) is 11.1 Å². The van der Waals surface area contributed by atoms with Gasteiger partial charge in [-0.1, -0.05) is 29.8 Å². The number of aromatic nitrogens is 1. The van der Waals surface area contributed by atoms with Crippen molar-refractivity contribution in [2.75, 3.05) is 11.6 Å². The van der Waals surface area contributed by atoms with Crippen LogP contribution < -0.4 is 15.5 Å². The van der Waals surface area contributed by atoms with Crippen LogP contribution in [-0.4, -0.2) is 25.6 Å². The lowest BCUT2D eigenvalue weighted by atomic mass is 9.98. The number of nitrogens with zero attached hydrogens (tertiary/aromatic N) is 1. The van der Waals surface area contributed by atoms with Gasteiger partial charge in [0.2, 0.25) is 10.0 Å². The molecular formula is C27H25ClFN3O5S. The highest BCUT2D eigenvalue weighted by molar-refractivity contribution is 7.89. The monoisotopic (exact) mass is 557 g/mol. The molecule has 198 valence electrons. The molecule has 0 saturated heterocycles. The number of halogens is 2. The summed E-state index contributed by atoms with van der Waals surface area (Å²) < 4.78 is 45.7. The lowest BCUT2D eigenvalue weighted by Crippen LogP contribution is -2.31. The number of carbonyl (C=O) groups is 1. The predicted octanol–water partition coefficient (Wildman–Crippen LogP) is 5.44. The van der Waals surface area contributed by atoms with Crippen LogP contribution in [-0.2, 0) is 10.0 Å². The SMILES string of the molecule is Cc1cc([C@@H](C)Nc2ccc(Cl)nc2C(=O)NS(C)(=O)=O)c2oc(-c3ccc(C)c(F)c3)c(C)c(=O)c2c1. The molecule has 0 spiro atoms. The summed E-state index contributed by atoms with van der Waals surface area (Å²) >= 11 is 5.97. The second-order valence-corrected chi connectivity index (χ2v) is 11.3. The molecule has 2 aromatic heterocycles. The molecule has 1 atom stereocenters. The third kappa shape index (κ3) is 5.56. The van der Waals surface area contributed by atoms with Crippen molar-refractivity contribution in [2.24, 2.45) is 0 Å². The topological polar surface area (TPSA) is 118 Å². The number of pyridine rings is 1. The number of aryl methyl sites for hydroxylation is 2. The molecule has 11 heteroatoms. The van der Waals surface area contributed by atoms with Crippen LogP contribution in [0.2, 0.25) is 5.15 Å². The first-order valence-corrected chi connectivity index (χ1v) is 13.8. The predicted molar refractivity (Wildman–Crippen MR) is 146 cm³/mol. The van der Waals surface area contributed by atoms with Crippen LogP contribution in [0.3, 0.4) is 0 Å². The summed E-state index contributed by atoms with van der Waals surface area (Å²) in [6.07, 6.45) is 0.853. The Hall–Kier alpha value is -3.76. The minimum absolute atomic E-state index is 0.000645. The maximum atomic E-state index is 14.3. The molecule has 38 heavy (non-hydrogen) atoms. The number of carbonyl (C=O) groups excluding carboxylic acids is 1. The smallest absolute Gasteiger partial charge is 0.285 e. The Bertz CT molecular complexity index is 1770. The van der Waals surface area contributed by atoms with E-state index in [1.165, 1.54) is 18.2 Å². The Morgan fingerprint density at radius 1 is 1.11 bits per heavy atom. The van der Waals surface area contributed by atoms with Gasteiger partial charge in [-0.25, -0.2) is 22.5 Å². The molecule has 4 rings (SSSR count). The van der Waals surface area contributed by atoms with Gasteiger partial charge in [0, 0.05) is 16.7 Å². The zero-order chi connectivity index (χ0) is 27.9. The van der Waals surface area contributed by atoms with Gasteiger partial charge >= 0.3 is 0 Å². The lowest BCUT2D eigenvalue weighted by Gasteiger charge is -2.20. The fourth-order valence-corrected chi connectivity index (χ4v) is 4.73. The number of benzene rings is 2. The van der Waals surface area contributed by atoms with E-state index >= 15 is 0 Å². The summed E-state index contributed by atoms with van der Waals surface area (Å²) in [7, 11) is -3.85. The van der Waals surface area contributed by atoms with Crippen molar-refractivity contribution in [1.29, 1.82) is 0 Å². The summed E-state index contributed by atoms with van der Waals surface area (Å²) in [5.74, 6) is -1.12. The molecule has 2 heterocycles. The number of nitrogens with one attached hydrogen (secondary N) is 2. The van der Waals surface area contributed by atoms with Crippen molar-refractivity contribution in [3.8, 4) is 11.3 Å². The molecule has 2 N–H and O–H groups in total. The Balaban J connectivity index is 1.85. The average molecular weight is 558 g/mol. The third-order valence-electron chi connectivity index (χ3n) is 6.02. The summed E-state index contributed by atoms with van der Waals surface area (Å²) in [6.45, 7) is 6.90. The molecule has 2 aromatic carbocycles. The number of hydrogen-bond acceptors (Lipinski definition) is 7. The van der Waals surface area contributed by atoms with Crippen LogP contribution in [0.15, 0.2) is 51.7 Å². The van der Waals surface area contributed by atoms with Crippen molar-refractivity contribution in [3.05, 3.63) is 91.6 Å². The molecule has 0 unspecified atom stereocenters. The van der Waals surface area contributed by atoms with Crippen LogP contribution in [0.4, 0.5) is 10.1 Å². The minimum Gasteiger partial charge on any atom is -0.455 e. The van der Waals surface area contributed by atoms with E-state index in [-0.39, 0.29) is 27.7 Å². The van der Waals surface area contributed by atoms with Crippen molar-refractivity contribution in [2.45, 2.75) is 33.7 Å². The molecule has 0 aliphatic rings. The van der Waals surface area contributed by atoms with Gasteiger partial charge in [-0.05, 0) is 63.1 Å². The van der Waals surface area contributed by atoms with E-state index in [0.717, 1.165) is 11.8 Å². The van der Waals surface area contributed by atoms with E-state index in [9.17, 15) is 22.4 Å². The first kappa shape index (κ1) is 27.3. The van der Waals surface area contributed by atoms with Crippen molar-refractivity contribution < 1.29 is 22.0 Å². The van der Waals surface area contributed by atoms with Gasteiger partial charge in [-0.3, -0.25) is 9.59 Å². The second-order valence-electron chi connectivity index (χ2n) is 9.18. The number of sulfonamides is 1. The van der Waals surface area contributed by atoms with E-state index < -0.39 is 27.8 Å². The molecule has 0 saturated carbocycles. The maximum absolute atomic E-state index is 14.3. The van der Waals surface area contributed by atoms with E-state index in [2.05, 4.69) is 10.3 Å². The molecule has 4 aromatic rings. The first-order chi connectivity index (χ1) is 17.7. The molecule has 8 nitrogen and oxygen atoms in total. The number of fused-ring (bicyclic) bond motifs is 1. The zero-order valence-electron chi connectivity index (χ0n) is 21.3. The second kappa shape index (κ2) is 10.2. The average Bonchev–Trinajstić information content (AvgIpc) is 2.83. The Morgan fingerprint density at radius 3 is 2.47 bits per heavy atom. The minimum atomic E-state index is -3.85. The Labute approximate surface area is 223 Å². The first-order valence-electron chi connectivity index (χ1n) is 11.5. The number of anilines is 1. The van der Waals surface area contributed by atoms with Gasteiger partial charge < -0.3 is 9.73 Å². The zero-order valence-corrected chi connectivity index (χ0v) is 22.8. The van der Waals surface area contributed by atoms with Gasteiger partial charge in [0.1, 0.15) is 22.3 Å². The molecule has 0 aliphatic heterocycles. The Morgan fingerprint density at radius 2 is 1.82 bits per heavy atom. The molecular weight excluding hydrogens is 533 g/mol. The van der Waals surface area contributed by atoms with Gasteiger partial charge in [0.25, 0.3) is 5.91 Å². The summed E-state index contributed by atoms with van der Waals surface area (Å²) in [5.41, 5.74) is 2.68. The van der Waals surface area contributed by atoms with Crippen LogP contribution in [0.1, 0.15) is 45.7 Å². The van der Waals surface area contributed by atoms with E-state index in [1.54, 1.807) is 39.0 Å². The fraction of sp³-hybridized carbons (Fsp3) is 0.222. The highest BCUT2D eigenvalue weighted by atomic mass is 35.5. The Kier molecular flexibility index (Phi) is 7.31. The highest BCUT2D eigenvalue weighted by Gasteiger charge is 2.22. The van der Waals surface area contributed by atoms with Gasteiger partial charge in [-0.15, -0.1) is 0 Å². The van der Waals surface area contributed by atoms with E-state index in [4.69, 9.17) is 16.0 Å². The van der Waals surface area contributed by atoms with Crippen LogP contribution in [0, 0.1) is 26.6 Å². The molecule has 1 amide bonds. The quantitative estimate of drug-likeness (QED) is 0.303. The summed E-state index contributed by atoms with van der Waals surface area (Å²) in [4.78, 5) is 30.0. The molecule has 0 radical (unpaired) electrons. The molecule has 0 bridgehead atoms.